The van der Waals surface area contributed by atoms with E-state index in [1.54, 1.807) is 0 Å². The SMILES string of the molecule is CC(=O)OC/C=C(\C)CC/C=C(\C)CC/C=C(\C)CO. The number of carbonyl (C=O) groups excluding carboxylic acids is 1. The Labute approximate surface area is 123 Å². The number of aliphatic hydroxyl groups excluding tert-OH is 1. The summed E-state index contributed by atoms with van der Waals surface area (Å²) in [5.74, 6) is -0.240. The van der Waals surface area contributed by atoms with Crippen LogP contribution in [0.1, 0.15) is 53.4 Å². The summed E-state index contributed by atoms with van der Waals surface area (Å²) in [5, 5.41) is 8.89. The summed E-state index contributed by atoms with van der Waals surface area (Å²) in [6, 6.07) is 0. The van der Waals surface area contributed by atoms with Gasteiger partial charge in [-0.2, -0.15) is 0 Å². The van der Waals surface area contributed by atoms with E-state index in [-0.39, 0.29) is 12.6 Å². The molecule has 0 radical (unpaired) electrons. The molecule has 114 valence electrons. The van der Waals surface area contributed by atoms with Gasteiger partial charge in [-0.05, 0) is 52.5 Å². The molecule has 0 aliphatic heterocycles. The number of hydrogen-bond acceptors (Lipinski definition) is 3. The molecule has 0 aliphatic carbocycles. The zero-order chi connectivity index (χ0) is 15.4. The minimum Gasteiger partial charge on any atom is -0.462 e. The molecule has 0 aromatic rings. The van der Waals surface area contributed by atoms with Crippen LogP contribution in [0.25, 0.3) is 0 Å². The second-order valence-electron chi connectivity index (χ2n) is 5.19. The van der Waals surface area contributed by atoms with Gasteiger partial charge < -0.3 is 9.84 Å². The van der Waals surface area contributed by atoms with Gasteiger partial charge in [0, 0.05) is 6.92 Å². The first-order valence-electron chi connectivity index (χ1n) is 7.16. The van der Waals surface area contributed by atoms with Crippen LogP contribution in [0.2, 0.25) is 0 Å². The smallest absolute Gasteiger partial charge is 0.302 e. The lowest BCUT2D eigenvalue weighted by atomic mass is 10.1. The summed E-state index contributed by atoms with van der Waals surface area (Å²) in [4.78, 5) is 10.6. The molecule has 0 aromatic carbocycles. The first-order valence-corrected chi connectivity index (χ1v) is 7.16. The van der Waals surface area contributed by atoms with Gasteiger partial charge in [0.15, 0.2) is 0 Å². The molecule has 0 spiro atoms. The Morgan fingerprint density at radius 3 is 1.90 bits per heavy atom. The molecule has 0 amide bonds. The quantitative estimate of drug-likeness (QED) is 0.514. The summed E-state index contributed by atoms with van der Waals surface area (Å²) in [7, 11) is 0. The number of hydrogen-bond donors (Lipinski definition) is 1. The molecule has 0 rings (SSSR count). The lowest BCUT2D eigenvalue weighted by molar-refractivity contribution is -0.139. The molecule has 0 heterocycles. The van der Waals surface area contributed by atoms with Crippen LogP contribution in [0.5, 0.6) is 0 Å². The monoisotopic (exact) mass is 280 g/mol. The number of esters is 1. The van der Waals surface area contributed by atoms with Crippen molar-refractivity contribution in [2.75, 3.05) is 13.2 Å². The van der Waals surface area contributed by atoms with Crippen molar-refractivity contribution >= 4 is 5.97 Å². The number of ether oxygens (including phenoxy) is 1. The third kappa shape index (κ3) is 11.7. The van der Waals surface area contributed by atoms with E-state index < -0.39 is 0 Å². The van der Waals surface area contributed by atoms with Crippen molar-refractivity contribution in [3.8, 4) is 0 Å². The van der Waals surface area contributed by atoms with Crippen LogP contribution in [0.3, 0.4) is 0 Å². The van der Waals surface area contributed by atoms with Crippen molar-refractivity contribution in [3.05, 3.63) is 34.9 Å². The van der Waals surface area contributed by atoms with Gasteiger partial charge in [0.2, 0.25) is 0 Å². The molecular weight excluding hydrogens is 252 g/mol. The Hall–Kier alpha value is -1.35. The Balaban J connectivity index is 3.89. The number of allylic oxidation sites excluding steroid dienone is 4. The molecule has 0 aliphatic rings. The van der Waals surface area contributed by atoms with Crippen LogP contribution in [-0.2, 0) is 9.53 Å². The van der Waals surface area contributed by atoms with Crippen molar-refractivity contribution in [3.63, 3.8) is 0 Å². The van der Waals surface area contributed by atoms with Crippen LogP contribution >= 0.6 is 0 Å². The second kappa shape index (κ2) is 11.5. The molecule has 3 heteroatoms. The van der Waals surface area contributed by atoms with E-state index in [0.29, 0.717) is 6.61 Å². The van der Waals surface area contributed by atoms with E-state index in [1.165, 1.54) is 18.1 Å². The summed E-state index contributed by atoms with van der Waals surface area (Å²) in [5.41, 5.74) is 3.65. The molecule has 0 fully saturated rings. The largest absolute Gasteiger partial charge is 0.462 e. The molecule has 0 unspecified atom stereocenters. The van der Waals surface area contributed by atoms with Gasteiger partial charge in [-0.15, -0.1) is 0 Å². The molecule has 0 saturated carbocycles. The van der Waals surface area contributed by atoms with Gasteiger partial charge in [0.25, 0.3) is 0 Å². The van der Waals surface area contributed by atoms with E-state index in [0.717, 1.165) is 31.3 Å². The maximum atomic E-state index is 10.6. The van der Waals surface area contributed by atoms with Crippen molar-refractivity contribution in [2.24, 2.45) is 0 Å². The van der Waals surface area contributed by atoms with E-state index in [1.807, 2.05) is 13.0 Å². The number of aliphatic hydroxyl groups is 1. The van der Waals surface area contributed by atoms with Crippen LogP contribution < -0.4 is 0 Å². The van der Waals surface area contributed by atoms with Gasteiger partial charge in [-0.25, -0.2) is 0 Å². The highest BCUT2D eigenvalue weighted by atomic mass is 16.5. The fourth-order valence-corrected chi connectivity index (χ4v) is 1.66. The predicted octanol–water partition coefficient (Wildman–Crippen LogP) is 3.94. The summed E-state index contributed by atoms with van der Waals surface area (Å²) < 4.78 is 4.87. The van der Waals surface area contributed by atoms with Crippen molar-refractivity contribution in [1.82, 2.24) is 0 Å². The van der Waals surface area contributed by atoms with Crippen LogP contribution in [0.15, 0.2) is 34.9 Å². The minimum absolute atomic E-state index is 0.148. The van der Waals surface area contributed by atoms with E-state index >= 15 is 0 Å². The molecular formula is C17H28O3. The number of rotatable bonds is 9. The molecule has 0 bridgehead atoms. The molecule has 0 aromatic heterocycles. The topological polar surface area (TPSA) is 46.5 Å². The standard InChI is InChI=1S/C17H28O3/c1-14(8-6-10-16(3)13-18)7-5-9-15(2)11-12-20-17(4)19/h7,10-11,18H,5-6,8-9,12-13H2,1-4H3/b14-7+,15-11+,16-10+. The predicted molar refractivity (Wildman–Crippen MR) is 83.5 cm³/mol. The van der Waals surface area contributed by atoms with Crippen LogP contribution in [0, 0.1) is 0 Å². The zero-order valence-corrected chi connectivity index (χ0v) is 13.2. The van der Waals surface area contributed by atoms with Gasteiger partial charge in [0.1, 0.15) is 6.61 Å². The third-order valence-corrected chi connectivity index (χ3v) is 3.03. The van der Waals surface area contributed by atoms with E-state index in [2.05, 4.69) is 26.0 Å². The summed E-state index contributed by atoms with van der Waals surface area (Å²) in [6.45, 7) is 8.07. The highest BCUT2D eigenvalue weighted by Crippen LogP contribution is 2.11. The Kier molecular flexibility index (Phi) is 10.7. The molecule has 3 nitrogen and oxygen atoms in total. The van der Waals surface area contributed by atoms with Crippen LogP contribution in [0.4, 0.5) is 0 Å². The number of carbonyl (C=O) groups is 1. The van der Waals surface area contributed by atoms with E-state index in [9.17, 15) is 4.79 Å². The summed E-state index contributed by atoms with van der Waals surface area (Å²) >= 11 is 0. The van der Waals surface area contributed by atoms with Gasteiger partial charge in [-0.1, -0.05) is 28.9 Å². The van der Waals surface area contributed by atoms with E-state index in [4.69, 9.17) is 9.84 Å². The zero-order valence-electron chi connectivity index (χ0n) is 13.2. The Morgan fingerprint density at radius 1 is 0.900 bits per heavy atom. The average Bonchev–Trinajstić information content (AvgIpc) is 2.38. The lowest BCUT2D eigenvalue weighted by Crippen LogP contribution is -1.98. The second-order valence-corrected chi connectivity index (χ2v) is 5.19. The Morgan fingerprint density at radius 2 is 1.40 bits per heavy atom. The maximum Gasteiger partial charge on any atom is 0.302 e. The third-order valence-electron chi connectivity index (χ3n) is 3.03. The molecule has 0 atom stereocenters. The Bertz CT molecular complexity index is 376. The average molecular weight is 280 g/mol. The fraction of sp³-hybridized carbons (Fsp3) is 0.588. The van der Waals surface area contributed by atoms with Gasteiger partial charge >= 0.3 is 5.97 Å². The minimum atomic E-state index is -0.240. The lowest BCUT2D eigenvalue weighted by Gasteiger charge is -2.02. The van der Waals surface area contributed by atoms with Crippen molar-refractivity contribution < 1.29 is 14.6 Å². The molecule has 20 heavy (non-hydrogen) atoms. The normalized spacial score (nSPS) is 13.6. The van der Waals surface area contributed by atoms with Crippen molar-refractivity contribution in [1.29, 1.82) is 0 Å². The van der Waals surface area contributed by atoms with Crippen molar-refractivity contribution in [2.45, 2.75) is 53.4 Å². The maximum absolute atomic E-state index is 10.6. The van der Waals surface area contributed by atoms with Gasteiger partial charge in [0.05, 0.1) is 6.61 Å². The summed E-state index contributed by atoms with van der Waals surface area (Å²) in [6.07, 6.45) is 10.3. The van der Waals surface area contributed by atoms with Gasteiger partial charge in [-0.3, -0.25) is 4.79 Å². The van der Waals surface area contributed by atoms with Crippen LogP contribution in [-0.4, -0.2) is 24.3 Å². The first-order chi connectivity index (χ1) is 9.45. The highest BCUT2D eigenvalue weighted by Gasteiger charge is 1.93. The highest BCUT2D eigenvalue weighted by molar-refractivity contribution is 5.66. The fourth-order valence-electron chi connectivity index (χ4n) is 1.66. The first kappa shape index (κ1) is 18.7. The molecule has 0 saturated heterocycles. The molecule has 1 N–H and O–H groups in total.